The summed E-state index contributed by atoms with van der Waals surface area (Å²) in [5.74, 6) is 0.967. The van der Waals surface area contributed by atoms with Crippen molar-refractivity contribution in [3.05, 3.63) is 54.6 Å². The van der Waals surface area contributed by atoms with Gasteiger partial charge in [-0.15, -0.1) is 0 Å². The van der Waals surface area contributed by atoms with Crippen LogP contribution in [0.5, 0.6) is 5.75 Å². The Morgan fingerprint density at radius 1 is 0.792 bits per heavy atom. The van der Waals surface area contributed by atoms with Gasteiger partial charge in [0, 0.05) is 26.2 Å². The fraction of sp³-hybridized carbons (Fsp3) is 0.429. The van der Waals surface area contributed by atoms with Gasteiger partial charge in [-0.3, -0.25) is 0 Å². The van der Waals surface area contributed by atoms with E-state index in [1.807, 2.05) is 6.07 Å². The van der Waals surface area contributed by atoms with Crippen LogP contribution < -0.4 is 4.74 Å². The van der Waals surface area contributed by atoms with Crippen molar-refractivity contribution in [2.45, 2.75) is 12.8 Å². The van der Waals surface area contributed by atoms with E-state index in [0.717, 1.165) is 18.8 Å². The number of hydrogen-bond acceptors (Lipinski definition) is 3. The highest BCUT2D eigenvalue weighted by Crippen LogP contribution is 2.22. The summed E-state index contributed by atoms with van der Waals surface area (Å²) in [4.78, 5) is 4.97. The SMILES string of the molecule is CN1CCN(CCCCOc2ccc(-c3ccccc3)cc2)CC1. The number of unbranched alkanes of at least 4 members (excludes halogenated alkanes) is 1. The Bertz CT molecular complexity index is 589. The zero-order valence-corrected chi connectivity index (χ0v) is 14.7. The molecule has 1 aliphatic heterocycles. The van der Waals surface area contributed by atoms with E-state index in [1.165, 1.54) is 50.3 Å². The number of rotatable bonds is 7. The van der Waals surface area contributed by atoms with E-state index >= 15 is 0 Å². The van der Waals surface area contributed by atoms with Crippen molar-refractivity contribution in [3.8, 4) is 16.9 Å². The molecule has 1 heterocycles. The molecule has 0 aromatic heterocycles. The van der Waals surface area contributed by atoms with Crippen LogP contribution in [0.25, 0.3) is 11.1 Å². The number of ether oxygens (including phenoxy) is 1. The first kappa shape index (κ1) is 17.0. The average Bonchev–Trinajstić information content (AvgIpc) is 2.64. The summed E-state index contributed by atoms with van der Waals surface area (Å²) < 4.78 is 5.88. The van der Waals surface area contributed by atoms with Gasteiger partial charge in [0.15, 0.2) is 0 Å². The quantitative estimate of drug-likeness (QED) is 0.721. The van der Waals surface area contributed by atoms with Crippen molar-refractivity contribution in [2.24, 2.45) is 0 Å². The van der Waals surface area contributed by atoms with Gasteiger partial charge >= 0.3 is 0 Å². The summed E-state index contributed by atoms with van der Waals surface area (Å²) in [6.45, 7) is 6.81. The maximum absolute atomic E-state index is 5.88. The maximum atomic E-state index is 5.88. The van der Waals surface area contributed by atoms with Crippen LogP contribution >= 0.6 is 0 Å². The van der Waals surface area contributed by atoms with Crippen LogP contribution in [-0.4, -0.2) is 56.2 Å². The minimum atomic E-state index is 0.804. The van der Waals surface area contributed by atoms with Crippen molar-refractivity contribution in [1.82, 2.24) is 9.80 Å². The van der Waals surface area contributed by atoms with Gasteiger partial charge in [0.2, 0.25) is 0 Å². The third kappa shape index (κ3) is 5.08. The van der Waals surface area contributed by atoms with Gasteiger partial charge in [-0.05, 0) is 49.7 Å². The first-order valence-electron chi connectivity index (χ1n) is 9.00. The van der Waals surface area contributed by atoms with Crippen molar-refractivity contribution in [1.29, 1.82) is 0 Å². The molecular formula is C21H28N2O. The van der Waals surface area contributed by atoms with Gasteiger partial charge in [-0.25, -0.2) is 0 Å². The first-order chi connectivity index (χ1) is 11.8. The molecule has 0 spiro atoms. The molecule has 0 unspecified atom stereocenters. The fourth-order valence-corrected chi connectivity index (χ4v) is 3.07. The summed E-state index contributed by atoms with van der Waals surface area (Å²) in [7, 11) is 2.20. The molecule has 2 aromatic rings. The Hall–Kier alpha value is -1.84. The maximum Gasteiger partial charge on any atom is 0.119 e. The van der Waals surface area contributed by atoms with Crippen molar-refractivity contribution < 1.29 is 4.74 Å². The van der Waals surface area contributed by atoms with E-state index < -0.39 is 0 Å². The molecule has 0 bridgehead atoms. The Balaban J connectivity index is 1.35. The van der Waals surface area contributed by atoms with Gasteiger partial charge in [0.25, 0.3) is 0 Å². The van der Waals surface area contributed by atoms with Gasteiger partial charge in [-0.1, -0.05) is 42.5 Å². The van der Waals surface area contributed by atoms with Crippen LogP contribution in [0, 0.1) is 0 Å². The van der Waals surface area contributed by atoms with E-state index in [0.29, 0.717) is 0 Å². The monoisotopic (exact) mass is 324 g/mol. The predicted octanol–water partition coefficient (Wildman–Crippen LogP) is 3.76. The second-order valence-corrected chi connectivity index (χ2v) is 6.59. The van der Waals surface area contributed by atoms with Crippen LogP contribution in [0.15, 0.2) is 54.6 Å². The third-order valence-corrected chi connectivity index (χ3v) is 4.69. The molecule has 1 saturated heterocycles. The summed E-state index contributed by atoms with van der Waals surface area (Å²) in [5, 5.41) is 0. The summed E-state index contributed by atoms with van der Waals surface area (Å²) in [5.41, 5.74) is 2.48. The molecule has 3 nitrogen and oxygen atoms in total. The lowest BCUT2D eigenvalue weighted by Crippen LogP contribution is -2.44. The normalized spacial score (nSPS) is 16.2. The minimum Gasteiger partial charge on any atom is -0.494 e. The van der Waals surface area contributed by atoms with E-state index in [9.17, 15) is 0 Å². The van der Waals surface area contributed by atoms with Gasteiger partial charge < -0.3 is 14.5 Å². The number of likely N-dealkylation sites (N-methyl/N-ethyl adjacent to an activating group) is 1. The Morgan fingerprint density at radius 2 is 1.46 bits per heavy atom. The zero-order valence-electron chi connectivity index (χ0n) is 14.7. The standard InChI is InChI=1S/C21H28N2O/c1-22-14-16-23(17-15-22)13-5-6-18-24-21-11-9-20(10-12-21)19-7-3-2-4-8-19/h2-4,7-12H,5-6,13-18H2,1H3. The molecule has 24 heavy (non-hydrogen) atoms. The minimum absolute atomic E-state index is 0.804. The lowest BCUT2D eigenvalue weighted by molar-refractivity contribution is 0.150. The number of piperazine rings is 1. The summed E-state index contributed by atoms with van der Waals surface area (Å²) >= 11 is 0. The molecule has 3 rings (SSSR count). The number of hydrogen-bond donors (Lipinski definition) is 0. The van der Waals surface area contributed by atoms with E-state index in [1.54, 1.807) is 0 Å². The van der Waals surface area contributed by atoms with E-state index in [-0.39, 0.29) is 0 Å². The number of benzene rings is 2. The number of nitrogens with zero attached hydrogens (tertiary/aromatic N) is 2. The van der Waals surface area contributed by atoms with Crippen LogP contribution in [0.2, 0.25) is 0 Å². The fourth-order valence-electron chi connectivity index (χ4n) is 3.07. The summed E-state index contributed by atoms with van der Waals surface area (Å²) in [6, 6.07) is 18.9. The molecule has 0 saturated carbocycles. The van der Waals surface area contributed by atoms with Crippen LogP contribution in [-0.2, 0) is 0 Å². The smallest absolute Gasteiger partial charge is 0.119 e. The average molecular weight is 324 g/mol. The van der Waals surface area contributed by atoms with Crippen molar-refractivity contribution >= 4 is 0 Å². The van der Waals surface area contributed by atoms with Crippen LogP contribution in [0.3, 0.4) is 0 Å². The zero-order chi connectivity index (χ0) is 16.6. The molecule has 2 aromatic carbocycles. The van der Waals surface area contributed by atoms with E-state index in [2.05, 4.69) is 65.4 Å². The van der Waals surface area contributed by atoms with Gasteiger partial charge in [-0.2, -0.15) is 0 Å². The van der Waals surface area contributed by atoms with Crippen LogP contribution in [0.1, 0.15) is 12.8 Å². The highest BCUT2D eigenvalue weighted by atomic mass is 16.5. The lowest BCUT2D eigenvalue weighted by atomic mass is 10.1. The molecule has 1 fully saturated rings. The lowest BCUT2D eigenvalue weighted by Gasteiger charge is -2.32. The topological polar surface area (TPSA) is 15.7 Å². The molecule has 0 N–H and O–H groups in total. The van der Waals surface area contributed by atoms with Gasteiger partial charge in [0.05, 0.1) is 6.61 Å². The molecule has 0 aliphatic carbocycles. The Labute approximate surface area is 145 Å². The summed E-state index contributed by atoms with van der Waals surface area (Å²) in [6.07, 6.45) is 2.33. The van der Waals surface area contributed by atoms with Gasteiger partial charge in [0.1, 0.15) is 5.75 Å². The second kappa shape index (κ2) is 8.86. The predicted molar refractivity (Wildman–Crippen MR) is 101 cm³/mol. The van der Waals surface area contributed by atoms with Crippen molar-refractivity contribution in [3.63, 3.8) is 0 Å². The molecule has 1 aliphatic rings. The highest BCUT2D eigenvalue weighted by molar-refractivity contribution is 5.63. The van der Waals surface area contributed by atoms with Crippen molar-refractivity contribution in [2.75, 3.05) is 46.4 Å². The highest BCUT2D eigenvalue weighted by Gasteiger charge is 2.12. The molecule has 0 atom stereocenters. The molecule has 0 radical (unpaired) electrons. The first-order valence-corrected chi connectivity index (χ1v) is 9.00. The molecule has 128 valence electrons. The molecule has 3 heteroatoms. The Kier molecular flexibility index (Phi) is 6.27. The molecular weight excluding hydrogens is 296 g/mol. The van der Waals surface area contributed by atoms with E-state index in [4.69, 9.17) is 4.74 Å². The second-order valence-electron chi connectivity index (χ2n) is 6.59. The molecule has 0 amide bonds. The Morgan fingerprint density at radius 3 is 2.17 bits per heavy atom. The largest absolute Gasteiger partial charge is 0.494 e. The van der Waals surface area contributed by atoms with Crippen LogP contribution in [0.4, 0.5) is 0 Å². The third-order valence-electron chi connectivity index (χ3n) is 4.69.